The van der Waals surface area contributed by atoms with Gasteiger partial charge in [-0.2, -0.15) is 5.10 Å². The van der Waals surface area contributed by atoms with E-state index in [0.717, 1.165) is 5.76 Å². The highest BCUT2D eigenvalue weighted by atomic mass is 16.4. The number of hydrogen-bond donors (Lipinski definition) is 1. The van der Waals surface area contributed by atoms with Crippen molar-refractivity contribution in [2.24, 2.45) is 7.05 Å². The molecule has 1 N–H and O–H groups in total. The Morgan fingerprint density at radius 1 is 1.29 bits per heavy atom. The minimum atomic E-state index is -0.411. The number of carbonyl (C=O) groups is 1. The van der Waals surface area contributed by atoms with Crippen LogP contribution in [0.15, 0.2) is 27.2 Å². The van der Waals surface area contributed by atoms with Crippen LogP contribution in [0.1, 0.15) is 22.0 Å². The summed E-state index contributed by atoms with van der Waals surface area (Å²) in [7, 11) is 1.73. The number of aromatic nitrogens is 4. The number of hydrogen-bond acceptors (Lipinski definition) is 6. The van der Waals surface area contributed by atoms with Crippen molar-refractivity contribution in [3.8, 4) is 11.5 Å². The molecular weight excluding hydrogens is 274 g/mol. The molecule has 21 heavy (non-hydrogen) atoms. The molecule has 3 rings (SSSR count). The van der Waals surface area contributed by atoms with Gasteiger partial charge < -0.3 is 8.83 Å². The van der Waals surface area contributed by atoms with Crippen LogP contribution in [0, 0.1) is 13.8 Å². The molecule has 0 aliphatic rings. The highest BCUT2D eigenvalue weighted by Gasteiger charge is 2.17. The number of amides is 1. The summed E-state index contributed by atoms with van der Waals surface area (Å²) in [4.78, 5) is 11.9. The SMILES string of the molecule is Cc1cc(-c2nnc(NC(=O)c3ccn(C)n3)o2)c(C)o1. The number of nitrogens with one attached hydrogen (secondary N) is 1. The van der Waals surface area contributed by atoms with Crippen LogP contribution in [0.4, 0.5) is 6.01 Å². The Kier molecular flexibility index (Phi) is 3.05. The number of carbonyl (C=O) groups excluding carboxylic acids is 1. The van der Waals surface area contributed by atoms with Gasteiger partial charge in [-0.05, 0) is 26.0 Å². The molecule has 0 spiro atoms. The smallest absolute Gasteiger partial charge is 0.322 e. The fourth-order valence-electron chi connectivity index (χ4n) is 1.92. The van der Waals surface area contributed by atoms with E-state index < -0.39 is 5.91 Å². The molecule has 0 atom stereocenters. The van der Waals surface area contributed by atoms with Gasteiger partial charge in [0.25, 0.3) is 11.8 Å². The van der Waals surface area contributed by atoms with Crippen LogP contribution >= 0.6 is 0 Å². The topological polar surface area (TPSA) is 99.0 Å². The van der Waals surface area contributed by atoms with E-state index in [0.29, 0.717) is 17.2 Å². The lowest BCUT2D eigenvalue weighted by Gasteiger charge is -1.95. The predicted molar refractivity (Wildman–Crippen MR) is 72.6 cm³/mol. The summed E-state index contributed by atoms with van der Waals surface area (Å²) in [5.74, 6) is 1.31. The van der Waals surface area contributed by atoms with Gasteiger partial charge in [-0.1, -0.05) is 5.10 Å². The van der Waals surface area contributed by atoms with Crippen LogP contribution in [0.3, 0.4) is 0 Å². The Bertz CT molecular complexity index is 798. The van der Waals surface area contributed by atoms with Gasteiger partial charge in [0.05, 0.1) is 5.56 Å². The number of nitrogens with zero attached hydrogens (tertiary/aromatic N) is 4. The lowest BCUT2D eigenvalue weighted by Crippen LogP contribution is -2.13. The average Bonchev–Trinajstić information content (AvgIpc) is 3.10. The Balaban J connectivity index is 1.79. The van der Waals surface area contributed by atoms with Crippen molar-refractivity contribution in [3.63, 3.8) is 0 Å². The first-order chi connectivity index (χ1) is 10.0. The molecule has 3 aromatic rings. The number of rotatable bonds is 3. The molecule has 0 aromatic carbocycles. The van der Waals surface area contributed by atoms with Crippen LogP contribution in [0.5, 0.6) is 0 Å². The van der Waals surface area contributed by atoms with Gasteiger partial charge in [0.1, 0.15) is 11.5 Å². The van der Waals surface area contributed by atoms with E-state index in [1.165, 1.54) is 4.68 Å². The first-order valence-corrected chi connectivity index (χ1v) is 6.25. The summed E-state index contributed by atoms with van der Waals surface area (Å²) in [6, 6.07) is 3.41. The summed E-state index contributed by atoms with van der Waals surface area (Å²) >= 11 is 0. The molecule has 0 bridgehead atoms. The first-order valence-electron chi connectivity index (χ1n) is 6.25. The summed E-state index contributed by atoms with van der Waals surface area (Å²) in [5.41, 5.74) is 0.978. The molecule has 0 fully saturated rings. The molecule has 0 saturated heterocycles. The van der Waals surface area contributed by atoms with E-state index in [9.17, 15) is 4.79 Å². The third kappa shape index (κ3) is 2.55. The van der Waals surface area contributed by atoms with Gasteiger partial charge in [0.15, 0.2) is 5.69 Å². The van der Waals surface area contributed by atoms with Crippen molar-refractivity contribution in [1.82, 2.24) is 20.0 Å². The Morgan fingerprint density at radius 2 is 2.10 bits per heavy atom. The molecule has 8 heteroatoms. The van der Waals surface area contributed by atoms with Crippen LogP contribution in [-0.2, 0) is 7.05 Å². The third-order valence-electron chi connectivity index (χ3n) is 2.86. The van der Waals surface area contributed by atoms with E-state index in [-0.39, 0.29) is 11.7 Å². The van der Waals surface area contributed by atoms with Crippen molar-refractivity contribution in [1.29, 1.82) is 0 Å². The van der Waals surface area contributed by atoms with Crippen molar-refractivity contribution in [2.75, 3.05) is 5.32 Å². The zero-order chi connectivity index (χ0) is 15.0. The molecule has 1 amide bonds. The summed E-state index contributed by atoms with van der Waals surface area (Å²) in [6.45, 7) is 3.63. The van der Waals surface area contributed by atoms with Crippen LogP contribution < -0.4 is 5.32 Å². The third-order valence-corrected chi connectivity index (χ3v) is 2.86. The molecule has 3 aromatic heterocycles. The van der Waals surface area contributed by atoms with Crippen molar-refractivity contribution >= 4 is 11.9 Å². The van der Waals surface area contributed by atoms with Crippen molar-refractivity contribution in [2.45, 2.75) is 13.8 Å². The van der Waals surface area contributed by atoms with Crippen LogP contribution in [0.25, 0.3) is 11.5 Å². The summed E-state index contributed by atoms with van der Waals surface area (Å²) in [5, 5.41) is 14.2. The Labute approximate surface area is 119 Å². The summed E-state index contributed by atoms with van der Waals surface area (Å²) < 4.78 is 12.4. The van der Waals surface area contributed by atoms with Gasteiger partial charge in [-0.15, -0.1) is 5.10 Å². The molecule has 0 aliphatic heterocycles. The van der Waals surface area contributed by atoms with E-state index in [1.807, 2.05) is 6.92 Å². The van der Waals surface area contributed by atoms with Gasteiger partial charge in [-0.3, -0.25) is 14.8 Å². The minimum Gasteiger partial charge on any atom is -0.466 e. The molecule has 0 unspecified atom stereocenters. The zero-order valence-corrected chi connectivity index (χ0v) is 11.7. The van der Waals surface area contributed by atoms with E-state index in [1.54, 1.807) is 32.3 Å². The van der Waals surface area contributed by atoms with Crippen molar-refractivity contribution < 1.29 is 13.6 Å². The lowest BCUT2D eigenvalue weighted by atomic mass is 10.2. The highest BCUT2D eigenvalue weighted by Crippen LogP contribution is 2.26. The van der Waals surface area contributed by atoms with Gasteiger partial charge >= 0.3 is 6.01 Å². The number of anilines is 1. The van der Waals surface area contributed by atoms with Crippen molar-refractivity contribution in [3.05, 3.63) is 35.5 Å². The van der Waals surface area contributed by atoms with E-state index >= 15 is 0 Å². The number of aryl methyl sites for hydroxylation is 3. The molecule has 0 saturated carbocycles. The summed E-state index contributed by atoms with van der Waals surface area (Å²) in [6.07, 6.45) is 1.67. The predicted octanol–water partition coefficient (Wildman–Crippen LogP) is 1.93. The first kappa shape index (κ1) is 13.1. The van der Waals surface area contributed by atoms with E-state index in [2.05, 4.69) is 20.6 Å². The maximum atomic E-state index is 11.9. The standard InChI is InChI=1S/C13H13N5O3/c1-7-6-9(8(2)20-7)12-15-16-13(21-12)14-11(19)10-4-5-18(3)17-10/h4-6H,1-3H3,(H,14,16,19). The fourth-order valence-corrected chi connectivity index (χ4v) is 1.92. The van der Waals surface area contributed by atoms with Crippen LogP contribution in [0.2, 0.25) is 0 Å². The quantitative estimate of drug-likeness (QED) is 0.790. The molecule has 0 radical (unpaired) electrons. The van der Waals surface area contributed by atoms with E-state index in [4.69, 9.17) is 8.83 Å². The maximum Gasteiger partial charge on any atom is 0.322 e. The molecule has 108 valence electrons. The van der Waals surface area contributed by atoms with Gasteiger partial charge in [0.2, 0.25) is 0 Å². The van der Waals surface area contributed by atoms with Gasteiger partial charge in [-0.25, -0.2) is 0 Å². The second-order valence-electron chi connectivity index (χ2n) is 4.57. The highest BCUT2D eigenvalue weighted by molar-refractivity contribution is 6.01. The Morgan fingerprint density at radius 3 is 2.71 bits per heavy atom. The maximum absolute atomic E-state index is 11.9. The number of furan rings is 1. The largest absolute Gasteiger partial charge is 0.466 e. The molecule has 3 heterocycles. The Hall–Kier alpha value is -2.90. The lowest BCUT2D eigenvalue weighted by molar-refractivity contribution is 0.101. The fraction of sp³-hybridized carbons (Fsp3) is 0.231. The van der Waals surface area contributed by atoms with Gasteiger partial charge in [0, 0.05) is 13.2 Å². The molecule has 8 nitrogen and oxygen atoms in total. The van der Waals surface area contributed by atoms with Crippen LogP contribution in [-0.4, -0.2) is 25.9 Å². The second-order valence-corrected chi connectivity index (χ2v) is 4.57. The normalized spacial score (nSPS) is 10.8. The monoisotopic (exact) mass is 287 g/mol. The minimum absolute atomic E-state index is 0.0129. The molecule has 0 aliphatic carbocycles. The average molecular weight is 287 g/mol. The second kappa shape index (κ2) is 4.89. The molecular formula is C13H13N5O3. The zero-order valence-electron chi connectivity index (χ0n) is 11.7.